The minimum atomic E-state index is -0.947. The number of aliphatic imine (C=N–C) groups is 1. The molecule has 4 aliphatic rings. The number of benzene rings is 3. The van der Waals surface area contributed by atoms with Gasteiger partial charge in [-0.05, 0) is 0 Å². The van der Waals surface area contributed by atoms with Crippen LogP contribution in [0.1, 0.15) is 29.5 Å². The van der Waals surface area contributed by atoms with Gasteiger partial charge in [0.15, 0.2) is 0 Å². The predicted molar refractivity (Wildman–Crippen MR) is 176 cm³/mol. The first kappa shape index (κ1) is 28.8. The Kier molecular flexibility index (Phi) is 7.13. The third-order valence-corrected chi connectivity index (χ3v) is 11.8. The van der Waals surface area contributed by atoms with Gasteiger partial charge in [-0.1, -0.05) is 0 Å². The third-order valence-electron chi connectivity index (χ3n) is 10.6. The molecule has 0 aromatic heterocycles. The Hall–Kier alpha value is -3.94. The van der Waals surface area contributed by atoms with Crippen molar-refractivity contribution in [1.29, 1.82) is 10.5 Å². The number of fused-ring (bicyclic) bond motifs is 2. The van der Waals surface area contributed by atoms with Gasteiger partial charge in [0.25, 0.3) is 0 Å². The van der Waals surface area contributed by atoms with Gasteiger partial charge in [0.2, 0.25) is 0 Å². The molecule has 7 rings (SSSR count). The molecule has 2 atom stereocenters. The number of anilines is 2. The molecule has 2 bridgehead atoms. The van der Waals surface area contributed by atoms with Crippen molar-refractivity contribution in [1.82, 2.24) is 9.80 Å². The van der Waals surface area contributed by atoms with Gasteiger partial charge in [-0.3, -0.25) is 0 Å². The van der Waals surface area contributed by atoms with E-state index in [1.54, 1.807) is 0 Å². The van der Waals surface area contributed by atoms with Gasteiger partial charge >= 0.3 is 269 Å². The Morgan fingerprint density at radius 2 is 1.34 bits per heavy atom. The number of rotatable bonds is 4. The molecule has 0 N–H and O–H groups in total. The standard InChI is InChI=1S/C36H37N7Se/c1-27-8-12-30(13-9-27)41-23-34(21-37)32-39-25-42(31-14-10-28(2)11-15-31)26-43(32)33(44)35(22-38,24-41)36(34)16-18-40(19-17-36)20-29-6-4-3-5-7-29/h3-15H,16-20,23-26H2,1-2H3. The fourth-order valence-corrected chi connectivity index (χ4v) is 9.10. The first-order chi connectivity index (χ1) is 21.3. The second kappa shape index (κ2) is 10.9. The van der Waals surface area contributed by atoms with E-state index in [1.807, 2.05) is 0 Å². The monoisotopic (exact) mass is 647 g/mol. The van der Waals surface area contributed by atoms with Crippen LogP contribution >= 0.6 is 0 Å². The first-order valence-electron chi connectivity index (χ1n) is 15.4. The zero-order chi connectivity index (χ0) is 30.5. The van der Waals surface area contributed by atoms with Crippen LogP contribution in [0.15, 0.2) is 83.9 Å². The van der Waals surface area contributed by atoms with Gasteiger partial charge < -0.3 is 0 Å². The Labute approximate surface area is 268 Å². The second-order valence-corrected chi connectivity index (χ2v) is 13.8. The predicted octanol–water partition coefficient (Wildman–Crippen LogP) is 4.87. The summed E-state index contributed by atoms with van der Waals surface area (Å²) in [5.41, 5.74) is 3.40. The number of nitrogens with zero attached hydrogens (tertiary/aromatic N) is 7. The number of hydrogen-bond acceptors (Lipinski definition) is 7. The van der Waals surface area contributed by atoms with Gasteiger partial charge in [0.1, 0.15) is 0 Å². The van der Waals surface area contributed by atoms with Crippen molar-refractivity contribution in [3.8, 4) is 12.1 Å². The van der Waals surface area contributed by atoms with Crippen molar-refractivity contribution in [2.45, 2.75) is 33.2 Å². The van der Waals surface area contributed by atoms with Crippen LogP contribution in [0.5, 0.6) is 0 Å². The molecule has 4 heterocycles. The molecule has 44 heavy (non-hydrogen) atoms. The quantitative estimate of drug-likeness (QED) is 0.377. The van der Waals surface area contributed by atoms with Gasteiger partial charge in [0.05, 0.1) is 0 Å². The number of likely N-dealkylation sites (tertiary alicyclic amines) is 1. The molecule has 3 aromatic carbocycles. The molecular weight excluding hydrogens is 609 g/mol. The second-order valence-electron chi connectivity index (χ2n) is 12.9. The summed E-state index contributed by atoms with van der Waals surface area (Å²) in [6.07, 6.45) is 1.53. The summed E-state index contributed by atoms with van der Waals surface area (Å²) in [5, 5.41) is 22.8. The maximum absolute atomic E-state index is 11.4. The number of piperidine rings is 3. The molecule has 3 saturated heterocycles. The summed E-state index contributed by atoms with van der Waals surface area (Å²) >= 11 is 3.41. The van der Waals surface area contributed by atoms with E-state index in [0.29, 0.717) is 26.4 Å². The van der Waals surface area contributed by atoms with Crippen LogP contribution in [0, 0.1) is 52.8 Å². The topological polar surface area (TPSA) is 72.9 Å². The zero-order valence-corrected chi connectivity index (χ0v) is 27.1. The molecule has 2 unspecified atom stereocenters. The van der Waals surface area contributed by atoms with Gasteiger partial charge in [0, 0.05) is 0 Å². The van der Waals surface area contributed by atoms with Gasteiger partial charge in [-0.15, -0.1) is 0 Å². The third kappa shape index (κ3) is 4.24. The molecule has 0 aliphatic carbocycles. The summed E-state index contributed by atoms with van der Waals surface area (Å²) in [6, 6.07) is 33.3. The fourth-order valence-electron chi connectivity index (χ4n) is 8.16. The SMILES string of the molecule is Cc1ccc(N2CN=C3N(C2)C(=[Se])C2(C#N)CN(c4ccc(C)cc4)CC3(C#N)C23CCN(Cc2ccccc2)CC3)cc1. The maximum atomic E-state index is 11.4. The number of hydrogen-bond donors (Lipinski definition) is 0. The van der Waals surface area contributed by atoms with Crippen molar-refractivity contribution < 1.29 is 0 Å². The number of amidine groups is 1. The van der Waals surface area contributed by atoms with Crippen molar-refractivity contribution in [2.75, 3.05) is 49.3 Å². The van der Waals surface area contributed by atoms with Crippen LogP contribution in [0.2, 0.25) is 0 Å². The molecule has 222 valence electrons. The summed E-state index contributed by atoms with van der Waals surface area (Å²) in [4.78, 5) is 14.4. The molecule has 0 radical (unpaired) electrons. The van der Waals surface area contributed by atoms with Crippen LogP contribution in [0.4, 0.5) is 11.4 Å². The molecule has 3 aromatic rings. The molecule has 8 heteroatoms. The van der Waals surface area contributed by atoms with Crippen LogP contribution in [0.3, 0.4) is 0 Å². The summed E-state index contributed by atoms with van der Waals surface area (Å²) in [6.45, 7) is 8.80. The zero-order valence-electron chi connectivity index (χ0n) is 25.4. The van der Waals surface area contributed by atoms with Crippen LogP contribution in [-0.2, 0) is 6.54 Å². The van der Waals surface area contributed by atoms with Crippen molar-refractivity contribution in [3.05, 3.63) is 95.6 Å². The summed E-state index contributed by atoms with van der Waals surface area (Å²) in [7, 11) is 0. The number of nitriles is 2. The molecule has 1 spiro atoms. The van der Waals surface area contributed by atoms with Gasteiger partial charge in [-0.25, -0.2) is 0 Å². The molecular formula is C36H37N7Se. The summed E-state index contributed by atoms with van der Waals surface area (Å²) < 4.78 is 0.898. The van der Waals surface area contributed by atoms with Crippen molar-refractivity contribution >= 4 is 37.3 Å². The molecule has 3 fully saturated rings. The average molecular weight is 647 g/mol. The van der Waals surface area contributed by atoms with Crippen molar-refractivity contribution in [2.24, 2.45) is 21.2 Å². The fraction of sp³-hybridized carbons (Fsp3) is 0.389. The Morgan fingerprint density at radius 3 is 1.93 bits per heavy atom. The van der Waals surface area contributed by atoms with E-state index in [2.05, 4.69) is 140 Å². The minimum absolute atomic E-state index is 0.478. The molecule has 7 nitrogen and oxygen atoms in total. The van der Waals surface area contributed by atoms with E-state index in [1.165, 1.54) is 16.7 Å². The average Bonchev–Trinajstić information content (AvgIpc) is 3.06. The van der Waals surface area contributed by atoms with Crippen LogP contribution in [-0.4, -0.2) is 75.3 Å². The van der Waals surface area contributed by atoms with E-state index in [0.717, 1.165) is 54.2 Å². The van der Waals surface area contributed by atoms with Gasteiger partial charge in [-0.2, -0.15) is 0 Å². The summed E-state index contributed by atoms with van der Waals surface area (Å²) in [5.74, 6) is 0.816. The van der Waals surface area contributed by atoms with Crippen LogP contribution in [0.25, 0.3) is 0 Å². The Balaban J connectivity index is 1.32. The van der Waals surface area contributed by atoms with E-state index in [4.69, 9.17) is 4.99 Å². The normalized spacial score (nSPS) is 26.0. The number of aryl methyl sites for hydroxylation is 2. The van der Waals surface area contributed by atoms with Crippen molar-refractivity contribution in [3.63, 3.8) is 0 Å². The Morgan fingerprint density at radius 1 is 0.773 bits per heavy atom. The Bertz CT molecular complexity index is 1680. The molecule has 4 aliphatic heterocycles. The van der Waals surface area contributed by atoms with Crippen LogP contribution < -0.4 is 9.80 Å². The van der Waals surface area contributed by atoms with E-state index in [-0.39, 0.29) is 0 Å². The van der Waals surface area contributed by atoms with E-state index < -0.39 is 16.2 Å². The molecule has 0 amide bonds. The van der Waals surface area contributed by atoms with E-state index >= 15 is 0 Å². The van der Waals surface area contributed by atoms with E-state index in [9.17, 15) is 10.5 Å². The first-order valence-corrected chi connectivity index (χ1v) is 16.3. The molecule has 0 saturated carbocycles.